The van der Waals surface area contributed by atoms with Crippen LogP contribution < -0.4 is 0 Å². The molecule has 19 heavy (non-hydrogen) atoms. The molecule has 0 fully saturated rings. The molecule has 0 saturated heterocycles. The van der Waals surface area contributed by atoms with Crippen molar-refractivity contribution in [2.45, 2.75) is 79.2 Å². The largest absolute Gasteiger partial charge is 0.479 e. The van der Waals surface area contributed by atoms with Crippen LogP contribution in [-0.2, 0) is 9.53 Å². The number of rotatable bonds is 9. The van der Waals surface area contributed by atoms with Crippen LogP contribution in [0.25, 0.3) is 0 Å². The predicted octanol–water partition coefficient (Wildman–Crippen LogP) is 4.50. The van der Waals surface area contributed by atoms with E-state index in [0.717, 1.165) is 25.7 Å². The van der Waals surface area contributed by atoms with E-state index in [0.29, 0.717) is 13.0 Å². The zero-order valence-corrected chi connectivity index (χ0v) is 13.6. The summed E-state index contributed by atoms with van der Waals surface area (Å²) in [6, 6.07) is 0. The summed E-state index contributed by atoms with van der Waals surface area (Å²) in [6.07, 6.45) is 4.32. The molecule has 0 aromatic rings. The van der Waals surface area contributed by atoms with E-state index in [4.69, 9.17) is 4.74 Å². The molecule has 0 bridgehead atoms. The molecule has 0 heterocycles. The van der Waals surface area contributed by atoms with Crippen molar-refractivity contribution in [3.05, 3.63) is 0 Å². The van der Waals surface area contributed by atoms with Crippen molar-refractivity contribution in [1.29, 1.82) is 0 Å². The zero-order valence-electron chi connectivity index (χ0n) is 13.6. The van der Waals surface area contributed by atoms with Crippen molar-refractivity contribution >= 4 is 5.97 Å². The lowest BCUT2D eigenvalue weighted by atomic mass is 9.67. The number of carboxylic acid groups (broad SMARTS) is 1. The van der Waals surface area contributed by atoms with Crippen molar-refractivity contribution in [2.24, 2.45) is 11.3 Å². The molecule has 0 aliphatic rings. The van der Waals surface area contributed by atoms with Crippen molar-refractivity contribution in [1.82, 2.24) is 0 Å². The van der Waals surface area contributed by atoms with Crippen LogP contribution in [0.3, 0.4) is 0 Å². The second kappa shape index (κ2) is 7.88. The number of ether oxygens (including phenoxy) is 1. The number of aliphatic carboxylic acids is 1. The molecule has 0 rings (SSSR count). The van der Waals surface area contributed by atoms with E-state index in [-0.39, 0.29) is 11.3 Å². The first kappa shape index (κ1) is 18.4. The Balaban J connectivity index is 5.31. The number of carbonyl (C=O) groups is 1. The third kappa shape index (κ3) is 4.79. The quantitative estimate of drug-likeness (QED) is 0.629. The summed E-state index contributed by atoms with van der Waals surface area (Å²) in [4.78, 5) is 11.9. The molecule has 3 nitrogen and oxygen atoms in total. The Morgan fingerprint density at radius 1 is 1.16 bits per heavy atom. The average Bonchev–Trinajstić information content (AvgIpc) is 2.31. The van der Waals surface area contributed by atoms with E-state index in [2.05, 4.69) is 34.6 Å². The van der Waals surface area contributed by atoms with Crippen LogP contribution in [0.5, 0.6) is 0 Å². The fourth-order valence-corrected chi connectivity index (χ4v) is 2.86. The van der Waals surface area contributed by atoms with Gasteiger partial charge in [-0.1, -0.05) is 54.4 Å². The maximum absolute atomic E-state index is 11.9. The lowest BCUT2D eigenvalue weighted by molar-refractivity contribution is -0.184. The summed E-state index contributed by atoms with van der Waals surface area (Å²) < 4.78 is 5.92. The van der Waals surface area contributed by atoms with Gasteiger partial charge >= 0.3 is 5.97 Å². The van der Waals surface area contributed by atoms with Crippen LogP contribution in [0.4, 0.5) is 0 Å². The summed E-state index contributed by atoms with van der Waals surface area (Å²) in [5, 5.41) is 9.76. The lowest BCUT2D eigenvalue weighted by Gasteiger charge is -2.43. The smallest absolute Gasteiger partial charge is 0.336 e. The molecule has 1 N–H and O–H groups in total. The Morgan fingerprint density at radius 3 is 2.05 bits per heavy atom. The van der Waals surface area contributed by atoms with E-state index in [1.807, 2.05) is 6.92 Å². The van der Waals surface area contributed by atoms with Gasteiger partial charge in [-0.05, 0) is 24.7 Å². The molecule has 0 saturated carbocycles. The van der Waals surface area contributed by atoms with Gasteiger partial charge in [0.15, 0.2) is 5.60 Å². The van der Waals surface area contributed by atoms with E-state index in [9.17, 15) is 9.90 Å². The summed E-state index contributed by atoms with van der Waals surface area (Å²) in [6.45, 7) is 13.0. The fourth-order valence-electron chi connectivity index (χ4n) is 2.86. The first-order chi connectivity index (χ1) is 8.76. The molecular formula is C16H32O3. The van der Waals surface area contributed by atoms with E-state index in [1.165, 1.54) is 0 Å². The Hall–Kier alpha value is -0.570. The highest BCUT2D eigenvalue weighted by molar-refractivity contribution is 5.78. The van der Waals surface area contributed by atoms with Crippen molar-refractivity contribution in [2.75, 3.05) is 6.61 Å². The Bertz CT molecular complexity index is 268. The van der Waals surface area contributed by atoms with Crippen LogP contribution >= 0.6 is 0 Å². The van der Waals surface area contributed by atoms with Gasteiger partial charge in [-0.2, -0.15) is 0 Å². The first-order valence-corrected chi connectivity index (χ1v) is 7.63. The highest BCUT2D eigenvalue weighted by Gasteiger charge is 2.49. The summed E-state index contributed by atoms with van der Waals surface area (Å²) >= 11 is 0. The van der Waals surface area contributed by atoms with Gasteiger partial charge in [-0.25, -0.2) is 4.79 Å². The number of unbranched alkanes of at least 4 members (excludes halogenated alkanes) is 1. The average molecular weight is 272 g/mol. The summed E-state index contributed by atoms with van der Waals surface area (Å²) in [7, 11) is 0. The van der Waals surface area contributed by atoms with Crippen molar-refractivity contribution in [3.8, 4) is 0 Å². The second-order valence-electron chi connectivity index (χ2n) is 6.46. The summed E-state index contributed by atoms with van der Waals surface area (Å²) in [5.74, 6) is -0.774. The Labute approximate surface area is 118 Å². The molecule has 0 aliphatic heterocycles. The molecule has 0 spiro atoms. The van der Waals surface area contributed by atoms with Gasteiger partial charge in [0, 0.05) is 12.5 Å². The zero-order chi connectivity index (χ0) is 15.1. The van der Waals surface area contributed by atoms with Gasteiger partial charge in [-0.15, -0.1) is 0 Å². The van der Waals surface area contributed by atoms with E-state index < -0.39 is 11.6 Å². The van der Waals surface area contributed by atoms with Crippen LogP contribution in [0.2, 0.25) is 0 Å². The van der Waals surface area contributed by atoms with Gasteiger partial charge in [0.25, 0.3) is 0 Å². The molecule has 114 valence electrons. The van der Waals surface area contributed by atoms with Crippen molar-refractivity contribution in [3.63, 3.8) is 0 Å². The minimum Gasteiger partial charge on any atom is -0.479 e. The van der Waals surface area contributed by atoms with Crippen LogP contribution in [0.1, 0.15) is 73.6 Å². The maximum atomic E-state index is 11.9. The monoisotopic (exact) mass is 272 g/mol. The van der Waals surface area contributed by atoms with Gasteiger partial charge in [0.1, 0.15) is 0 Å². The van der Waals surface area contributed by atoms with Crippen LogP contribution in [-0.4, -0.2) is 23.3 Å². The predicted molar refractivity (Wildman–Crippen MR) is 79.4 cm³/mol. The number of hydrogen-bond donors (Lipinski definition) is 1. The van der Waals surface area contributed by atoms with Gasteiger partial charge < -0.3 is 9.84 Å². The minimum atomic E-state index is -1.04. The third-order valence-corrected chi connectivity index (χ3v) is 3.93. The topological polar surface area (TPSA) is 46.5 Å². The Morgan fingerprint density at radius 2 is 1.74 bits per heavy atom. The van der Waals surface area contributed by atoms with Crippen molar-refractivity contribution < 1.29 is 14.6 Å². The van der Waals surface area contributed by atoms with Gasteiger partial charge in [0.05, 0.1) is 0 Å². The molecule has 2 unspecified atom stereocenters. The minimum absolute atomic E-state index is 0.0318. The molecule has 0 aliphatic carbocycles. The van der Waals surface area contributed by atoms with E-state index >= 15 is 0 Å². The highest BCUT2D eigenvalue weighted by atomic mass is 16.5. The SMILES string of the molecule is CCCCOC(CC)(C(=O)O)C(CCC)C(C)(C)C. The molecule has 0 aromatic carbocycles. The molecule has 3 heteroatoms. The second-order valence-corrected chi connectivity index (χ2v) is 6.46. The highest BCUT2D eigenvalue weighted by Crippen LogP contribution is 2.42. The van der Waals surface area contributed by atoms with E-state index in [1.54, 1.807) is 0 Å². The summed E-state index contributed by atoms with van der Waals surface area (Å²) in [5.41, 5.74) is -1.11. The molecule has 0 amide bonds. The fraction of sp³-hybridized carbons (Fsp3) is 0.938. The molecular weight excluding hydrogens is 240 g/mol. The van der Waals surface area contributed by atoms with Crippen LogP contribution in [0.15, 0.2) is 0 Å². The molecule has 2 atom stereocenters. The Kier molecular flexibility index (Phi) is 7.65. The van der Waals surface area contributed by atoms with Gasteiger partial charge in [-0.3, -0.25) is 0 Å². The number of hydrogen-bond acceptors (Lipinski definition) is 2. The maximum Gasteiger partial charge on any atom is 0.336 e. The lowest BCUT2D eigenvalue weighted by Crippen LogP contribution is -2.52. The first-order valence-electron chi connectivity index (χ1n) is 7.63. The van der Waals surface area contributed by atoms with Gasteiger partial charge in [0.2, 0.25) is 0 Å². The van der Waals surface area contributed by atoms with Crippen LogP contribution in [0, 0.1) is 11.3 Å². The standard InChI is InChI=1S/C16H32O3/c1-7-10-12-19-16(9-3,14(17)18)13(11-8-2)15(4,5)6/h13H,7-12H2,1-6H3,(H,17,18). The molecule has 0 aromatic heterocycles. The normalized spacial score (nSPS) is 16.9. The third-order valence-electron chi connectivity index (χ3n) is 3.93. The number of carboxylic acids is 1. The molecule has 0 radical (unpaired) electrons.